The molecule has 0 aliphatic heterocycles. The van der Waals surface area contributed by atoms with Crippen molar-refractivity contribution in [3.63, 3.8) is 0 Å². The fourth-order valence-corrected chi connectivity index (χ4v) is 5.02. The lowest BCUT2D eigenvalue weighted by Crippen LogP contribution is -2.20. The molecule has 0 radical (unpaired) electrons. The van der Waals surface area contributed by atoms with E-state index in [1.54, 1.807) is 32.4 Å². The predicted molar refractivity (Wildman–Crippen MR) is 109 cm³/mol. The molecule has 1 aromatic heterocycles. The minimum Gasteiger partial charge on any atom is -0.493 e. The average Bonchev–Trinajstić information content (AvgIpc) is 3.03. The Morgan fingerprint density at radius 3 is 2.39 bits per heavy atom. The number of hydrogen-bond donors (Lipinski definition) is 0. The van der Waals surface area contributed by atoms with Gasteiger partial charge in [-0.25, -0.2) is 0 Å². The van der Waals surface area contributed by atoms with Gasteiger partial charge in [0, 0.05) is 25.3 Å². The smallest absolute Gasteiger partial charge is 0.285 e. The van der Waals surface area contributed by atoms with Crippen molar-refractivity contribution in [1.29, 1.82) is 0 Å². The zero-order valence-corrected chi connectivity index (χ0v) is 17.5. The van der Waals surface area contributed by atoms with Crippen molar-refractivity contribution in [2.75, 3.05) is 27.4 Å². The Morgan fingerprint density at radius 1 is 1.07 bits per heavy atom. The van der Waals surface area contributed by atoms with E-state index in [1.165, 1.54) is 23.5 Å². The largest absolute Gasteiger partial charge is 0.493 e. The number of nitrogens with zero attached hydrogens (tertiary/aromatic N) is 2. The summed E-state index contributed by atoms with van der Waals surface area (Å²) in [5, 5.41) is 0. The quantitative estimate of drug-likeness (QED) is 0.522. The first kappa shape index (κ1) is 20.4. The van der Waals surface area contributed by atoms with E-state index in [0.29, 0.717) is 36.1 Å². The van der Waals surface area contributed by atoms with Crippen LogP contribution in [0.1, 0.15) is 6.92 Å². The van der Waals surface area contributed by atoms with E-state index in [2.05, 4.69) is 4.40 Å². The Morgan fingerprint density at radius 2 is 1.75 bits per heavy atom. The van der Waals surface area contributed by atoms with Crippen LogP contribution >= 0.6 is 11.3 Å². The number of fused-ring (bicyclic) bond motifs is 1. The maximum atomic E-state index is 12.8. The molecule has 0 unspecified atom stereocenters. The molecule has 3 aromatic rings. The van der Waals surface area contributed by atoms with Crippen LogP contribution in [0, 0.1) is 0 Å². The predicted octanol–water partition coefficient (Wildman–Crippen LogP) is 3.05. The van der Waals surface area contributed by atoms with Crippen molar-refractivity contribution < 1.29 is 22.6 Å². The molecule has 7 nitrogen and oxygen atoms in total. The summed E-state index contributed by atoms with van der Waals surface area (Å²) in [4.78, 5) is 0.521. The van der Waals surface area contributed by atoms with Crippen molar-refractivity contribution in [2.24, 2.45) is 4.40 Å². The maximum absolute atomic E-state index is 12.8. The third kappa shape index (κ3) is 4.21. The maximum Gasteiger partial charge on any atom is 0.285 e. The summed E-state index contributed by atoms with van der Waals surface area (Å²) in [6, 6.07) is 11.8. The van der Waals surface area contributed by atoms with Gasteiger partial charge in [0.25, 0.3) is 10.0 Å². The highest BCUT2D eigenvalue weighted by atomic mass is 32.2. The SMILES string of the molecule is CCOCCn1c(=NS(=O)(=O)c2ccccc2)sc2cc(OC)c(OC)cc21. The van der Waals surface area contributed by atoms with Crippen LogP contribution in [0.15, 0.2) is 51.8 Å². The van der Waals surface area contributed by atoms with Gasteiger partial charge in [-0.15, -0.1) is 4.40 Å². The van der Waals surface area contributed by atoms with E-state index in [1.807, 2.05) is 23.6 Å². The summed E-state index contributed by atoms with van der Waals surface area (Å²) in [6.45, 7) is 3.39. The summed E-state index contributed by atoms with van der Waals surface area (Å²) < 4.78 is 48.5. The van der Waals surface area contributed by atoms with Crippen molar-refractivity contribution in [3.8, 4) is 11.5 Å². The van der Waals surface area contributed by atoms with Gasteiger partial charge in [-0.3, -0.25) is 0 Å². The van der Waals surface area contributed by atoms with E-state index in [4.69, 9.17) is 14.2 Å². The molecule has 0 aliphatic rings. The lowest BCUT2D eigenvalue weighted by atomic mass is 10.3. The van der Waals surface area contributed by atoms with E-state index in [-0.39, 0.29) is 4.90 Å². The molecule has 0 atom stereocenters. The molecular weight excluding hydrogens is 400 g/mol. The van der Waals surface area contributed by atoms with Crippen LogP contribution in [0.2, 0.25) is 0 Å². The number of ether oxygens (including phenoxy) is 3. The Kier molecular flexibility index (Phi) is 6.38. The molecule has 0 fully saturated rings. The molecule has 150 valence electrons. The second kappa shape index (κ2) is 8.76. The molecule has 28 heavy (non-hydrogen) atoms. The minimum atomic E-state index is -3.83. The topological polar surface area (TPSA) is 79.1 Å². The number of benzene rings is 2. The fourth-order valence-electron chi connectivity index (χ4n) is 2.73. The van der Waals surface area contributed by atoms with Crippen LogP contribution in [0.3, 0.4) is 0 Å². The molecule has 2 aromatic carbocycles. The van der Waals surface area contributed by atoms with E-state index in [9.17, 15) is 8.42 Å². The molecule has 0 amide bonds. The Bertz CT molecular complexity index is 1120. The standard InChI is InChI=1S/C19H22N2O5S2/c1-4-26-11-10-21-15-12-16(24-2)17(25-3)13-18(15)27-19(21)20-28(22,23)14-8-6-5-7-9-14/h5-9,12-13H,4,10-11H2,1-3H3. The van der Waals surface area contributed by atoms with Crippen LogP contribution in [0.25, 0.3) is 10.2 Å². The van der Waals surface area contributed by atoms with Gasteiger partial charge in [0.05, 0.1) is 35.9 Å². The second-order valence-electron chi connectivity index (χ2n) is 5.79. The fraction of sp³-hybridized carbons (Fsp3) is 0.316. The minimum absolute atomic E-state index is 0.152. The lowest BCUT2D eigenvalue weighted by Gasteiger charge is -2.09. The van der Waals surface area contributed by atoms with E-state index < -0.39 is 10.0 Å². The van der Waals surface area contributed by atoms with E-state index in [0.717, 1.165) is 10.2 Å². The number of aromatic nitrogens is 1. The molecule has 9 heteroatoms. The van der Waals surface area contributed by atoms with Gasteiger partial charge in [-0.1, -0.05) is 29.5 Å². The van der Waals surface area contributed by atoms with Crippen LogP contribution < -0.4 is 14.3 Å². The van der Waals surface area contributed by atoms with Crippen LogP contribution in [0.4, 0.5) is 0 Å². The first-order valence-electron chi connectivity index (χ1n) is 8.69. The highest BCUT2D eigenvalue weighted by Crippen LogP contribution is 2.33. The van der Waals surface area contributed by atoms with Gasteiger partial charge in [-0.05, 0) is 19.1 Å². The van der Waals surface area contributed by atoms with Crippen molar-refractivity contribution >= 4 is 31.6 Å². The number of thiazole rings is 1. The summed E-state index contributed by atoms with van der Waals surface area (Å²) in [5.41, 5.74) is 0.810. The normalized spacial score (nSPS) is 12.5. The van der Waals surface area contributed by atoms with Gasteiger partial charge in [0.15, 0.2) is 11.5 Å². The third-order valence-electron chi connectivity index (χ3n) is 4.09. The van der Waals surface area contributed by atoms with Crippen molar-refractivity contribution in [2.45, 2.75) is 18.4 Å². The van der Waals surface area contributed by atoms with Crippen molar-refractivity contribution in [3.05, 3.63) is 47.3 Å². The number of methoxy groups -OCH3 is 2. The monoisotopic (exact) mass is 422 g/mol. The number of rotatable bonds is 8. The number of hydrogen-bond acceptors (Lipinski definition) is 6. The summed E-state index contributed by atoms with van der Waals surface area (Å²) in [7, 11) is -0.712. The highest BCUT2D eigenvalue weighted by molar-refractivity contribution is 7.90. The van der Waals surface area contributed by atoms with Gasteiger partial charge in [0.1, 0.15) is 0 Å². The molecule has 3 rings (SSSR count). The molecule has 1 heterocycles. The molecule has 0 N–H and O–H groups in total. The third-order valence-corrected chi connectivity index (χ3v) is 6.53. The van der Waals surface area contributed by atoms with Crippen LogP contribution in [0.5, 0.6) is 11.5 Å². The van der Waals surface area contributed by atoms with Gasteiger partial charge >= 0.3 is 0 Å². The molecule has 0 aliphatic carbocycles. The van der Waals surface area contributed by atoms with E-state index >= 15 is 0 Å². The van der Waals surface area contributed by atoms with Gasteiger partial charge in [-0.2, -0.15) is 8.42 Å². The Hall–Kier alpha value is -2.36. The second-order valence-corrected chi connectivity index (χ2v) is 8.40. The zero-order chi connectivity index (χ0) is 20.1. The zero-order valence-electron chi connectivity index (χ0n) is 15.9. The van der Waals surface area contributed by atoms with Crippen molar-refractivity contribution in [1.82, 2.24) is 4.57 Å². The Balaban J connectivity index is 2.21. The first-order chi connectivity index (χ1) is 13.5. The summed E-state index contributed by atoms with van der Waals surface area (Å²) in [6.07, 6.45) is 0. The van der Waals surface area contributed by atoms with Gasteiger partial charge < -0.3 is 18.8 Å². The first-order valence-corrected chi connectivity index (χ1v) is 10.9. The highest BCUT2D eigenvalue weighted by Gasteiger charge is 2.16. The van der Waals surface area contributed by atoms with Gasteiger partial charge in [0.2, 0.25) is 4.80 Å². The average molecular weight is 423 g/mol. The lowest BCUT2D eigenvalue weighted by molar-refractivity contribution is 0.139. The summed E-state index contributed by atoms with van der Waals surface area (Å²) >= 11 is 1.28. The van der Waals surface area contributed by atoms with Crippen LogP contribution in [-0.4, -0.2) is 40.4 Å². The molecular formula is C19H22N2O5S2. The van der Waals surface area contributed by atoms with Crippen LogP contribution in [-0.2, 0) is 21.3 Å². The molecule has 0 saturated carbocycles. The summed E-state index contributed by atoms with van der Waals surface area (Å²) in [5.74, 6) is 1.14. The molecule has 0 saturated heterocycles. The Labute approximate surface area is 167 Å². The molecule has 0 bridgehead atoms. The molecule has 0 spiro atoms. The number of sulfonamides is 1.